The smallest absolute Gasteiger partial charge is 0.335 e. The van der Waals surface area contributed by atoms with E-state index in [-0.39, 0.29) is 33.6 Å². The number of nitrogens with one attached hydrogen (secondary N) is 1. The Kier molecular flexibility index (Phi) is 5.45. The largest absolute Gasteiger partial charge is 0.478 e. The standard InChI is InChI=1S/C19H12N4O7/c24-17(22-14-4-11(18(25)26)3-12(5-14)19(27)28)10-1-2-15(16(6-10)23(29)30)13-7-20-9-21-8-13/h1-9H,(H,22,24)(H,25,26)(H,27,28). The first-order valence-corrected chi connectivity index (χ1v) is 8.23. The molecule has 0 unspecified atom stereocenters. The Hall–Kier alpha value is -4.67. The first-order chi connectivity index (χ1) is 14.3. The van der Waals surface area contributed by atoms with E-state index in [0.29, 0.717) is 5.56 Å². The Balaban J connectivity index is 1.96. The maximum atomic E-state index is 12.5. The van der Waals surface area contributed by atoms with E-state index in [1.54, 1.807) is 0 Å². The molecule has 0 fully saturated rings. The number of benzene rings is 2. The second-order valence-electron chi connectivity index (χ2n) is 5.98. The number of carbonyl (C=O) groups is 3. The lowest BCUT2D eigenvalue weighted by Crippen LogP contribution is -2.14. The van der Waals surface area contributed by atoms with Crippen LogP contribution in [0.4, 0.5) is 11.4 Å². The Morgan fingerprint density at radius 1 is 0.900 bits per heavy atom. The molecule has 11 nitrogen and oxygen atoms in total. The summed E-state index contributed by atoms with van der Waals surface area (Å²) in [6.07, 6.45) is 4.05. The Bertz CT molecular complexity index is 1150. The van der Waals surface area contributed by atoms with E-state index >= 15 is 0 Å². The zero-order valence-corrected chi connectivity index (χ0v) is 15.0. The average molecular weight is 408 g/mol. The third-order valence-corrected chi connectivity index (χ3v) is 4.01. The highest BCUT2D eigenvalue weighted by atomic mass is 16.6. The monoisotopic (exact) mass is 408 g/mol. The molecule has 3 aromatic rings. The molecule has 0 saturated carbocycles. The van der Waals surface area contributed by atoms with E-state index in [0.717, 1.165) is 24.3 Å². The number of hydrogen-bond acceptors (Lipinski definition) is 7. The number of aromatic nitrogens is 2. The summed E-state index contributed by atoms with van der Waals surface area (Å²) >= 11 is 0. The van der Waals surface area contributed by atoms with E-state index in [4.69, 9.17) is 10.2 Å². The second-order valence-corrected chi connectivity index (χ2v) is 5.98. The minimum atomic E-state index is -1.38. The molecule has 0 saturated heterocycles. The summed E-state index contributed by atoms with van der Waals surface area (Å²) in [5.74, 6) is -3.54. The van der Waals surface area contributed by atoms with Crippen molar-refractivity contribution in [2.75, 3.05) is 5.32 Å². The summed E-state index contributed by atoms with van der Waals surface area (Å²) in [6, 6.07) is 6.86. The fraction of sp³-hybridized carbons (Fsp3) is 0. The van der Waals surface area contributed by atoms with Gasteiger partial charge in [-0.15, -0.1) is 0 Å². The predicted octanol–water partition coefficient (Wildman–Crippen LogP) is 2.70. The number of rotatable bonds is 6. The third-order valence-electron chi connectivity index (χ3n) is 4.01. The van der Waals surface area contributed by atoms with Crippen molar-refractivity contribution in [3.8, 4) is 11.1 Å². The number of carbonyl (C=O) groups excluding carboxylic acids is 1. The zero-order chi connectivity index (χ0) is 21.8. The minimum absolute atomic E-state index is 0.0829. The van der Waals surface area contributed by atoms with Crippen molar-refractivity contribution in [1.29, 1.82) is 0 Å². The number of anilines is 1. The van der Waals surface area contributed by atoms with Gasteiger partial charge in [-0.1, -0.05) is 0 Å². The van der Waals surface area contributed by atoms with Crippen LogP contribution >= 0.6 is 0 Å². The predicted molar refractivity (Wildman–Crippen MR) is 102 cm³/mol. The summed E-state index contributed by atoms with van der Waals surface area (Å²) in [5.41, 5.74) is -0.607. The first kappa shape index (κ1) is 20.1. The molecule has 3 N–H and O–H groups in total. The summed E-state index contributed by atoms with van der Waals surface area (Å²) in [4.78, 5) is 53.3. The number of nitro benzene ring substituents is 1. The van der Waals surface area contributed by atoms with Gasteiger partial charge in [-0.25, -0.2) is 19.6 Å². The van der Waals surface area contributed by atoms with Crippen LogP contribution in [0.2, 0.25) is 0 Å². The minimum Gasteiger partial charge on any atom is -0.478 e. The van der Waals surface area contributed by atoms with Gasteiger partial charge in [0.15, 0.2) is 0 Å². The average Bonchev–Trinajstić information content (AvgIpc) is 2.73. The number of nitrogens with zero attached hydrogens (tertiary/aromatic N) is 3. The fourth-order valence-corrected chi connectivity index (χ4v) is 2.66. The van der Waals surface area contributed by atoms with E-state index in [9.17, 15) is 24.5 Å². The zero-order valence-electron chi connectivity index (χ0n) is 15.0. The van der Waals surface area contributed by atoms with Crippen molar-refractivity contribution in [3.05, 3.63) is 81.9 Å². The van der Waals surface area contributed by atoms with Crippen molar-refractivity contribution < 1.29 is 29.5 Å². The van der Waals surface area contributed by atoms with Gasteiger partial charge in [0, 0.05) is 35.3 Å². The molecule has 0 aliphatic heterocycles. The first-order valence-electron chi connectivity index (χ1n) is 8.23. The van der Waals surface area contributed by atoms with Gasteiger partial charge in [0.05, 0.1) is 21.6 Å². The van der Waals surface area contributed by atoms with E-state index in [1.807, 2.05) is 0 Å². The molecule has 30 heavy (non-hydrogen) atoms. The molecule has 0 aliphatic carbocycles. The number of hydrogen-bond donors (Lipinski definition) is 3. The highest BCUT2D eigenvalue weighted by Crippen LogP contribution is 2.30. The van der Waals surface area contributed by atoms with Crippen LogP contribution in [-0.2, 0) is 0 Å². The number of aromatic carboxylic acids is 2. The molecule has 1 amide bonds. The molecule has 150 valence electrons. The topological polar surface area (TPSA) is 173 Å². The van der Waals surface area contributed by atoms with Gasteiger partial charge in [-0.3, -0.25) is 14.9 Å². The van der Waals surface area contributed by atoms with Crippen LogP contribution in [0.5, 0.6) is 0 Å². The molecular formula is C19H12N4O7. The fourth-order valence-electron chi connectivity index (χ4n) is 2.66. The van der Waals surface area contributed by atoms with Gasteiger partial charge in [0.1, 0.15) is 6.33 Å². The van der Waals surface area contributed by atoms with Gasteiger partial charge in [-0.2, -0.15) is 0 Å². The van der Waals surface area contributed by atoms with Gasteiger partial charge in [0.25, 0.3) is 11.6 Å². The van der Waals surface area contributed by atoms with Crippen LogP contribution in [0, 0.1) is 10.1 Å². The maximum absolute atomic E-state index is 12.5. The molecule has 1 heterocycles. The number of carboxylic acids is 2. The van der Waals surface area contributed by atoms with Crippen molar-refractivity contribution in [1.82, 2.24) is 9.97 Å². The Morgan fingerprint density at radius 3 is 2.03 bits per heavy atom. The Morgan fingerprint density at radius 2 is 1.50 bits per heavy atom. The van der Waals surface area contributed by atoms with E-state index in [1.165, 1.54) is 30.9 Å². The number of amides is 1. The SMILES string of the molecule is O=C(O)c1cc(NC(=O)c2ccc(-c3cncnc3)c([N+](=O)[O-])c2)cc(C(=O)O)c1. The highest BCUT2D eigenvalue weighted by molar-refractivity contribution is 6.06. The molecular weight excluding hydrogens is 396 g/mol. The van der Waals surface area contributed by atoms with Crippen molar-refractivity contribution >= 4 is 29.2 Å². The summed E-state index contributed by atoms with van der Waals surface area (Å²) in [5, 5.41) is 32.1. The second kappa shape index (κ2) is 8.14. The highest BCUT2D eigenvalue weighted by Gasteiger charge is 2.20. The number of carboxylic acid groups (broad SMARTS) is 2. The van der Waals surface area contributed by atoms with Crippen LogP contribution in [0.25, 0.3) is 11.1 Å². The van der Waals surface area contributed by atoms with Crippen LogP contribution in [0.15, 0.2) is 55.1 Å². The van der Waals surface area contributed by atoms with Crippen molar-refractivity contribution in [2.45, 2.75) is 0 Å². The van der Waals surface area contributed by atoms with Crippen LogP contribution in [0.3, 0.4) is 0 Å². The van der Waals surface area contributed by atoms with Crippen LogP contribution in [0.1, 0.15) is 31.1 Å². The lowest BCUT2D eigenvalue weighted by Gasteiger charge is -2.09. The lowest BCUT2D eigenvalue weighted by molar-refractivity contribution is -0.384. The number of nitro groups is 1. The molecule has 11 heteroatoms. The van der Waals surface area contributed by atoms with Crippen molar-refractivity contribution in [3.63, 3.8) is 0 Å². The lowest BCUT2D eigenvalue weighted by atomic mass is 10.0. The quantitative estimate of drug-likeness (QED) is 0.409. The van der Waals surface area contributed by atoms with E-state index < -0.39 is 22.8 Å². The van der Waals surface area contributed by atoms with Gasteiger partial charge in [-0.05, 0) is 30.3 Å². The Labute approximate surface area is 167 Å². The summed E-state index contributed by atoms with van der Waals surface area (Å²) in [7, 11) is 0. The molecule has 0 bridgehead atoms. The van der Waals surface area contributed by atoms with E-state index in [2.05, 4.69) is 15.3 Å². The van der Waals surface area contributed by atoms with Crippen molar-refractivity contribution in [2.24, 2.45) is 0 Å². The van der Waals surface area contributed by atoms with Crippen LogP contribution < -0.4 is 5.32 Å². The molecule has 0 atom stereocenters. The van der Waals surface area contributed by atoms with Gasteiger partial charge >= 0.3 is 11.9 Å². The van der Waals surface area contributed by atoms with Gasteiger partial charge < -0.3 is 15.5 Å². The molecule has 0 radical (unpaired) electrons. The third kappa shape index (κ3) is 4.25. The molecule has 1 aromatic heterocycles. The molecule has 0 aliphatic rings. The molecule has 0 spiro atoms. The molecule has 3 rings (SSSR count). The summed E-state index contributed by atoms with van der Waals surface area (Å²) < 4.78 is 0. The normalized spacial score (nSPS) is 10.3. The maximum Gasteiger partial charge on any atom is 0.335 e. The molecule has 2 aromatic carbocycles. The summed E-state index contributed by atoms with van der Waals surface area (Å²) in [6.45, 7) is 0. The van der Waals surface area contributed by atoms with Gasteiger partial charge in [0.2, 0.25) is 0 Å². The van der Waals surface area contributed by atoms with Crippen LogP contribution in [-0.4, -0.2) is 43.0 Å².